The maximum absolute atomic E-state index is 13.9. The van der Waals surface area contributed by atoms with Crippen LogP contribution in [0.2, 0.25) is 0 Å². The van der Waals surface area contributed by atoms with Crippen LogP contribution in [0, 0.1) is 5.82 Å². The Bertz CT molecular complexity index is 790. The summed E-state index contributed by atoms with van der Waals surface area (Å²) in [7, 11) is 1.59. The van der Waals surface area contributed by atoms with Crippen LogP contribution < -0.4 is 20.7 Å². The smallest absolute Gasteiger partial charge is 0.264 e. The summed E-state index contributed by atoms with van der Waals surface area (Å²) in [4.78, 5) is 25.0. The fourth-order valence-corrected chi connectivity index (χ4v) is 2.37. The SMILES string of the molecule is CNc1cc2c(cc1F)C(=O)N(c1ccc(C(N)=O)cc1)CO2. The summed E-state index contributed by atoms with van der Waals surface area (Å²) in [5.74, 6) is -1.13. The molecule has 1 heterocycles. The predicted octanol–water partition coefficient (Wildman–Crippen LogP) is 1.96. The van der Waals surface area contributed by atoms with Gasteiger partial charge in [-0.25, -0.2) is 4.39 Å². The second-order valence-corrected chi connectivity index (χ2v) is 5.00. The van der Waals surface area contributed by atoms with Gasteiger partial charge in [0.2, 0.25) is 5.91 Å². The van der Waals surface area contributed by atoms with E-state index in [-0.39, 0.29) is 23.9 Å². The molecule has 0 atom stereocenters. The zero-order valence-electron chi connectivity index (χ0n) is 12.3. The summed E-state index contributed by atoms with van der Waals surface area (Å²) in [5.41, 5.74) is 6.46. The van der Waals surface area contributed by atoms with E-state index in [9.17, 15) is 14.0 Å². The van der Waals surface area contributed by atoms with Gasteiger partial charge < -0.3 is 15.8 Å². The van der Waals surface area contributed by atoms with Gasteiger partial charge in [-0.15, -0.1) is 0 Å². The zero-order valence-corrected chi connectivity index (χ0v) is 12.3. The molecule has 0 saturated carbocycles. The highest BCUT2D eigenvalue weighted by Gasteiger charge is 2.28. The Hall–Kier alpha value is -3.09. The van der Waals surface area contributed by atoms with Gasteiger partial charge >= 0.3 is 0 Å². The Kier molecular flexibility index (Phi) is 3.61. The average molecular weight is 315 g/mol. The Labute approximate surface area is 131 Å². The van der Waals surface area contributed by atoms with E-state index in [2.05, 4.69) is 5.32 Å². The number of carbonyl (C=O) groups is 2. The maximum atomic E-state index is 13.9. The van der Waals surface area contributed by atoms with Crippen LogP contribution in [0.4, 0.5) is 15.8 Å². The van der Waals surface area contributed by atoms with Crippen molar-refractivity contribution in [3.63, 3.8) is 0 Å². The van der Waals surface area contributed by atoms with Crippen LogP contribution in [0.3, 0.4) is 0 Å². The maximum Gasteiger partial charge on any atom is 0.264 e. The van der Waals surface area contributed by atoms with Crippen molar-refractivity contribution in [1.29, 1.82) is 0 Å². The molecule has 0 saturated heterocycles. The van der Waals surface area contributed by atoms with Crippen LogP contribution in [0.25, 0.3) is 0 Å². The number of rotatable bonds is 3. The van der Waals surface area contributed by atoms with Crippen LogP contribution in [-0.2, 0) is 0 Å². The Morgan fingerprint density at radius 3 is 2.61 bits per heavy atom. The summed E-state index contributed by atoms with van der Waals surface area (Å²) >= 11 is 0. The van der Waals surface area contributed by atoms with E-state index >= 15 is 0 Å². The molecule has 3 rings (SSSR count). The fraction of sp³-hybridized carbons (Fsp3) is 0.125. The van der Waals surface area contributed by atoms with Crippen molar-refractivity contribution in [1.82, 2.24) is 0 Å². The molecule has 23 heavy (non-hydrogen) atoms. The molecule has 7 heteroatoms. The normalized spacial score (nSPS) is 13.3. The van der Waals surface area contributed by atoms with E-state index < -0.39 is 11.7 Å². The van der Waals surface area contributed by atoms with Gasteiger partial charge in [0, 0.05) is 24.4 Å². The number of primary amides is 1. The highest BCUT2D eigenvalue weighted by Crippen LogP contribution is 2.32. The molecule has 2 amide bonds. The molecule has 0 spiro atoms. The van der Waals surface area contributed by atoms with Gasteiger partial charge in [-0.1, -0.05) is 0 Å². The van der Waals surface area contributed by atoms with E-state index in [1.165, 1.54) is 23.1 Å². The van der Waals surface area contributed by atoms with Crippen molar-refractivity contribution in [2.75, 3.05) is 24.0 Å². The van der Waals surface area contributed by atoms with E-state index in [4.69, 9.17) is 10.5 Å². The molecule has 0 fully saturated rings. The number of ether oxygens (including phenoxy) is 1. The lowest BCUT2D eigenvalue weighted by atomic mass is 10.1. The first-order chi connectivity index (χ1) is 11.0. The van der Waals surface area contributed by atoms with Gasteiger partial charge in [0.25, 0.3) is 5.91 Å². The topological polar surface area (TPSA) is 84.7 Å². The van der Waals surface area contributed by atoms with E-state index in [0.717, 1.165) is 6.07 Å². The molecular formula is C16H14FN3O3. The monoisotopic (exact) mass is 315 g/mol. The number of benzene rings is 2. The highest BCUT2D eigenvalue weighted by atomic mass is 19.1. The summed E-state index contributed by atoms with van der Waals surface area (Å²) in [6.07, 6.45) is 0. The van der Waals surface area contributed by atoms with Gasteiger partial charge in [0.1, 0.15) is 11.6 Å². The standard InChI is InChI=1S/C16H14FN3O3/c1-19-13-7-14-11(6-12(13)17)16(22)20(8-23-14)10-4-2-9(3-5-10)15(18)21/h2-7,19H,8H2,1H3,(H2,18,21). The van der Waals surface area contributed by atoms with Crippen molar-refractivity contribution in [3.05, 3.63) is 53.3 Å². The number of amides is 2. The molecule has 2 aromatic carbocycles. The van der Waals surface area contributed by atoms with Crippen LogP contribution in [0.15, 0.2) is 36.4 Å². The number of hydrogen-bond donors (Lipinski definition) is 2. The zero-order chi connectivity index (χ0) is 16.6. The Morgan fingerprint density at radius 2 is 2.00 bits per heavy atom. The van der Waals surface area contributed by atoms with Crippen LogP contribution in [0.5, 0.6) is 5.75 Å². The number of halogens is 1. The van der Waals surface area contributed by atoms with Crippen LogP contribution >= 0.6 is 0 Å². The number of nitrogens with zero attached hydrogens (tertiary/aromatic N) is 1. The molecule has 0 unspecified atom stereocenters. The van der Waals surface area contributed by atoms with E-state index in [1.54, 1.807) is 19.2 Å². The molecule has 6 nitrogen and oxygen atoms in total. The molecule has 2 aromatic rings. The summed E-state index contributed by atoms with van der Waals surface area (Å²) in [6.45, 7) is -0.00343. The third kappa shape index (κ3) is 2.57. The van der Waals surface area contributed by atoms with E-state index in [1.807, 2.05) is 0 Å². The summed E-state index contributed by atoms with van der Waals surface area (Å²) in [6, 6.07) is 8.81. The lowest BCUT2D eigenvalue weighted by molar-refractivity contribution is 0.0936. The summed E-state index contributed by atoms with van der Waals surface area (Å²) < 4.78 is 19.4. The van der Waals surface area contributed by atoms with Gasteiger partial charge in [-0.3, -0.25) is 14.5 Å². The molecule has 118 valence electrons. The van der Waals surface area contributed by atoms with Gasteiger partial charge in [0.15, 0.2) is 6.73 Å². The minimum Gasteiger partial charge on any atom is -0.472 e. The number of hydrogen-bond acceptors (Lipinski definition) is 4. The molecule has 0 aromatic heterocycles. The van der Waals surface area contributed by atoms with Gasteiger partial charge in [-0.2, -0.15) is 0 Å². The minimum absolute atomic E-state index is 0.00343. The van der Waals surface area contributed by atoms with Crippen molar-refractivity contribution in [2.45, 2.75) is 0 Å². The number of nitrogens with one attached hydrogen (secondary N) is 1. The largest absolute Gasteiger partial charge is 0.472 e. The van der Waals surface area contributed by atoms with Crippen molar-refractivity contribution in [2.24, 2.45) is 5.73 Å². The second-order valence-electron chi connectivity index (χ2n) is 5.00. The predicted molar refractivity (Wildman–Crippen MR) is 83.2 cm³/mol. The number of nitrogens with two attached hydrogens (primary N) is 1. The molecule has 0 aliphatic carbocycles. The van der Waals surface area contributed by atoms with Crippen LogP contribution in [0.1, 0.15) is 20.7 Å². The molecule has 1 aliphatic rings. The molecule has 0 radical (unpaired) electrons. The molecule has 0 bridgehead atoms. The highest BCUT2D eigenvalue weighted by molar-refractivity contribution is 6.09. The first-order valence-electron chi connectivity index (χ1n) is 6.87. The van der Waals surface area contributed by atoms with Crippen molar-refractivity contribution < 1.29 is 18.7 Å². The Morgan fingerprint density at radius 1 is 1.30 bits per heavy atom. The van der Waals surface area contributed by atoms with E-state index in [0.29, 0.717) is 17.0 Å². The lowest BCUT2D eigenvalue weighted by Gasteiger charge is -2.29. The fourth-order valence-electron chi connectivity index (χ4n) is 2.37. The van der Waals surface area contributed by atoms with Gasteiger partial charge in [-0.05, 0) is 30.3 Å². The Balaban J connectivity index is 1.94. The third-order valence-corrected chi connectivity index (χ3v) is 3.63. The quantitative estimate of drug-likeness (QED) is 0.907. The van der Waals surface area contributed by atoms with Gasteiger partial charge in [0.05, 0.1) is 11.3 Å². The minimum atomic E-state index is -0.551. The first-order valence-corrected chi connectivity index (χ1v) is 6.87. The molecular weight excluding hydrogens is 301 g/mol. The number of anilines is 2. The van der Waals surface area contributed by atoms with Crippen LogP contribution in [-0.4, -0.2) is 25.6 Å². The second kappa shape index (κ2) is 5.60. The average Bonchev–Trinajstić information content (AvgIpc) is 2.55. The molecule has 1 aliphatic heterocycles. The number of fused-ring (bicyclic) bond motifs is 1. The first kappa shape index (κ1) is 14.8. The number of carbonyl (C=O) groups excluding carboxylic acids is 2. The van der Waals surface area contributed by atoms with Crippen molar-refractivity contribution in [3.8, 4) is 5.75 Å². The lowest BCUT2D eigenvalue weighted by Crippen LogP contribution is -2.38. The molecule has 3 N–H and O–H groups in total. The van der Waals surface area contributed by atoms with Crippen molar-refractivity contribution >= 4 is 23.2 Å². The third-order valence-electron chi connectivity index (χ3n) is 3.63. The summed E-state index contributed by atoms with van der Waals surface area (Å²) in [5, 5.41) is 2.70.